The molecule has 2 aromatic carbocycles. The number of benzene rings is 2. The third-order valence-electron chi connectivity index (χ3n) is 4.30. The van der Waals surface area contributed by atoms with Crippen LogP contribution in [0.3, 0.4) is 0 Å². The molecule has 154 valence electrons. The summed E-state index contributed by atoms with van der Waals surface area (Å²) >= 11 is 15.4. The monoisotopic (exact) mass is 476 g/mol. The van der Waals surface area contributed by atoms with Gasteiger partial charge in [0.1, 0.15) is 17.4 Å². The maximum absolute atomic E-state index is 6.29. The highest BCUT2D eigenvalue weighted by Crippen LogP contribution is 2.32. The molecule has 0 N–H and O–H groups in total. The fraction of sp³-hybridized carbons (Fsp3) is 0.190. The number of hydrogen-bond donors (Lipinski definition) is 0. The summed E-state index contributed by atoms with van der Waals surface area (Å²) in [6, 6.07) is 15.0. The van der Waals surface area contributed by atoms with Gasteiger partial charge in [-0.15, -0.1) is 21.5 Å². The lowest BCUT2D eigenvalue weighted by atomic mass is 10.2. The number of aromatic nitrogens is 4. The Kier molecular flexibility index (Phi) is 6.94. The number of thiazole rings is 1. The molecule has 0 fully saturated rings. The van der Waals surface area contributed by atoms with Crippen molar-refractivity contribution >= 4 is 46.3 Å². The summed E-state index contributed by atoms with van der Waals surface area (Å²) in [6.07, 6.45) is 0. The number of halogens is 2. The SMILES string of the molecule is CCn1c(COc2ccc(Cl)cc2)nnc1SCc1csc(-c2ccccc2Cl)n1. The highest BCUT2D eigenvalue weighted by Gasteiger charge is 2.14. The Morgan fingerprint density at radius 1 is 1.07 bits per heavy atom. The van der Waals surface area contributed by atoms with E-state index >= 15 is 0 Å². The summed E-state index contributed by atoms with van der Waals surface area (Å²) in [5, 5.41) is 13.9. The van der Waals surface area contributed by atoms with Crippen molar-refractivity contribution in [3.63, 3.8) is 0 Å². The van der Waals surface area contributed by atoms with Gasteiger partial charge in [-0.25, -0.2) is 4.98 Å². The fourth-order valence-electron chi connectivity index (χ4n) is 2.80. The summed E-state index contributed by atoms with van der Waals surface area (Å²) in [5.41, 5.74) is 1.95. The zero-order chi connectivity index (χ0) is 20.9. The van der Waals surface area contributed by atoms with Crippen molar-refractivity contribution < 1.29 is 4.74 Å². The lowest BCUT2D eigenvalue weighted by molar-refractivity contribution is 0.288. The average molecular weight is 477 g/mol. The highest BCUT2D eigenvalue weighted by atomic mass is 35.5. The van der Waals surface area contributed by atoms with Gasteiger partial charge in [-0.2, -0.15) is 0 Å². The van der Waals surface area contributed by atoms with E-state index in [4.69, 9.17) is 32.9 Å². The van der Waals surface area contributed by atoms with Crippen LogP contribution in [0.15, 0.2) is 59.1 Å². The lowest BCUT2D eigenvalue weighted by Crippen LogP contribution is -2.07. The Bertz CT molecular complexity index is 1130. The Morgan fingerprint density at radius 3 is 2.63 bits per heavy atom. The van der Waals surface area contributed by atoms with Crippen LogP contribution in [0.1, 0.15) is 18.4 Å². The predicted octanol–water partition coefficient (Wildman–Crippen LogP) is 6.60. The van der Waals surface area contributed by atoms with Crippen molar-refractivity contribution in [1.82, 2.24) is 19.7 Å². The summed E-state index contributed by atoms with van der Waals surface area (Å²) in [7, 11) is 0. The molecule has 0 spiro atoms. The minimum absolute atomic E-state index is 0.344. The molecule has 0 aliphatic carbocycles. The van der Waals surface area contributed by atoms with Crippen molar-refractivity contribution in [2.24, 2.45) is 0 Å². The maximum Gasteiger partial charge on any atom is 0.191 e. The van der Waals surface area contributed by atoms with Crippen molar-refractivity contribution in [3.8, 4) is 16.3 Å². The topological polar surface area (TPSA) is 52.8 Å². The van der Waals surface area contributed by atoms with E-state index in [2.05, 4.69) is 27.1 Å². The van der Waals surface area contributed by atoms with Crippen LogP contribution in [0.5, 0.6) is 5.75 Å². The minimum Gasteiger partial charge on any atom is -0.486 e. The summed E-state index contributed by atoms with van der Waals surface area (Å²) < 4.78 is 7.87. The second-order valence-corrected chi connectivity index (χ2v) is 8.94. The van der Waals surface area contributed by atoms with E-state index in [-0.39, 0.29) is 0 Å². The standard InChI is InChI=1S/C21H18Cl2N4OS2/c1-2-27-19(11-28-16-9-7-14(22)8-10-16)25-26-21(27)30-13-15-12-29-20(24-15)17-5-3-4-6-18(17)23/h3-10,12H,2,11,13H2,1H3. The molecular formula is C21H18Cl2N4OS2. The molecule has 30 heavy (non-hydrogen) atoms. The van der Waals surface area contributed by atoms with E-state index < -0.39 is 0 Å². The molecule has 5 nitrogen and oxygen atoms in total. The first-order valence-electron chi connectivity index (χ1n) is 9.26. The molecule has 0 aliphatic rings. The van der Waals surface area contributed by atoms with Crippen LogP contribution >= 0.6 is 46.3 Å². The molecule has 0 atom stereocenters. The van der Waals surface area contributed by atoms with E-state index in [1.165, 1.54) is 0 Å². The molecule has 0 unspecified atom stereocenters. The number of rotatable bonds is 8. The van der Waals surface area contributed by atoms with E-state index in [0.29, 0.717) is 22.4 Å². The second-order valence-electron chi connectivity index (χ2n) is 6.30. The highest BCUT2D eigenvalue weighted by molar-refractivity contribution is 7.98. The lowest BCUT2D eigenvalue weighted by Gasteiger charge is -2.08. The number of hydrogen-bond acceptors (Lipinski definition) is 6. The van der Waals surface area contributed by atoms with Gasteiger partial charge in [0.15, 0.2) is 11.0 Å². The third-order valence-corrected chi connectivity index (χ3v) is 6.80. The molecule has 0 radical (unpaired) electrons. The van der Waals surface area contributed by atoms with Crippen LogP contribution in [0.4, 0.5) is 0 Å². The van der Waals surface area contributed by atoms with Gasteiger partial charge in [-0.05, 0) is 37.3 Å². The van der Waals surface area contributed by atoms with Crippen molar-refractivity contribution in [2.45, 2.75) is 31.0 Å². The number of nitrogens with zero attached hydrogens (tertiary/aromatic N) is 4. The van der Waals surface area contributed by atoms with Gasteiger partial charge in [0.25, 0.3) is 0 Å². The Labute approximate surface area is 193 Å². The average Bonchev–Trinajstić information content (AvgIpc) is 3.38. The Morgan fingerprint density at radius 2 is 1.87 bits per heavy atom. The molecule has 4 rings (SSSR count). The Hall–Kier alpha value is -2.06. The molecule has 2 aromatic heterocycles. The van der Waals surface area contributed by atoms with Gasteiger partial charge in [0.05, 0.1) is 10.7 Å². The zero-order valence-electron chi connectivity index (χ0n) is 16.1. The first-order valence-corrected chi connectivity index (χ1v) is 11.9. The van der Waals surface area contributed by atoms with Crippen LogP contribution in [0.2, 0.25) is 10.0 Å². The second kappa shape index (κ2) is 9.83. The summed E-state index contributed by atoms with van der Waals surface area (Å²) in [5.74, 6) is 2.23. The van der Waals surface area contributed by atoms with Crippen LogP contribution in [-0.4, -0.2) is 19.7 Å². The number of ether oxygens (including phenoxy) is 1. The minimum atomic E-state index is 0.344. The third kappa shape index (κ3) is 4.98. The summed E-state index contributed by atoms with van der Waals surface area (Å²) in [4.78, 5) is 4.72. The van der Waals surface area contributed by atoms with E-state index in [1.807, 2.05) is 36.4 Å². The normalized spacial score (nSPS) is 11.0. The van der Waals surface area contributed by atoms with Gasteiger partial charge in [-0.3, -0.25) is 0 Å². The molecule has 2 heterocycles. The molecule has 0 aliphatic heterocycles. The molecule has 0 bridgehead atoms. The van der Waals surface area contributed by atoms with Crippen LogP contribution in [-0.2, 0) is 18.9 Å². The molecule has 0 saturated heterocycles. The van der Waals surface area contributed by atoms with E-state index in [0.717, 1.165) is 39.5 Å². The van der Waals surface area contributed by atoms with Gasteiger partial charge >= 0.3 is 0 Å². The van der Waals surface area contributed by atoms with Crippen molar-refractivity contribution in [2.75, 3.05) is 0 Å². The fourth-order valence-corrected chi connectivity index (χ4v) is 5.08. The molecule has 4 aromatic rings. The van der Waals surface area contributed by atoms with E-state index in [9.17, 15) is 0 Å². The largest absolute Gasteiger partial charge is 0.486 e. The van der Waals surface area contributed by atoms with E-state index in [1.54, 1.807) is 35.2 Å². The smallest absolute Gasteiger partial charge is 0.191 e. The van der Waals surface area contributed by atoms with Crippen molar-refractivity contribution in [3.05, 3.63) is 75.5 Å². The summed E-state index contributed by atoms with van der Waals surface area (Å²) in [6.45, 7) is 3.17. The molecule has 0 amide bonds. The number of thioether (sulfide) groups is 1. The zero-order valence-corrected chi connectivity index (χ0v) is 19.2. The first-order chi connectivity index (χ1) is 14.6. The van der Waals surface area contributed by atoms with Crippen LogP contribution in [0.25, 0.3) is 10.6 Å². The first kappa shape index (κ1) is 21.2. The van der Waals surface area contributed by atoms with Gasteiger partial charge < -0.3 is 9.30 Å². The van der Waals surface area contributed by atoms with Gasteiger partial charge in [-0.1, -0.05) is 53.2 Å². The van der Waals surface area contributed by atoms with Crippen LogP contribution < -0.4 is 4.74 Å². The molecular weight excluding hydrogens is 459 g/mol. The van der Waals surface area contributed by atoms with Gasteiger partial charge in [0.2, 0.25) is 0 Å². The molecule has 9 heteroatoms. The Balaban J connectivity index is 1.40. The quantitative estimate of drug-likeness (QED) is 0.268. The van der Waals surface area contributed by atoms with Gasteiger partial charge in [0, 0.05) is 28.3 Å². The van der Waals surface area contributed by atoms with Crippen molar-refractivity contribution in [1.29, 1.82) is 0 Å². The van der Waals surface area contributed by atoms with Crippen LogP contribution in [0, 0.1) is 0 Å². The predicted molar refractivity (Wildman–Crippen MR) is 124 cm³/mol. The molecule has 0 saturated carbocycles. The maximum atomic E-state index is 6.29.